The number of rotatable bonds is 7. The van der Waals surface area contributed by atoms with E-state index in [1.165, 1.54) is 0 Å². The molecule has 0 amide bonds. The van der Waals surface area contributed by atoms with Crippen LogP contribution in [0.2, 0.25) is 0 Å². The Labute approximate surface area is 152 Å². The molecule has 134 valence electrons. The number of piperazine rings is 1. The first-order valence-electron chi connectivity index (χ1n) is 8.53. The van der Waals surface area contributed by atoms with Gasteiger partial charge in [0.15, 0.2) is 5.13 Å². The molecule has 0 bridgehead atoms. The highest BCUT2D eigenvalue weighted by atomic mass is 32.1. The van der Waals surface area contributed by atoms with Gasteiger partial charge in [-0.3, -0.25) is 4.90 Å². The molecule has 1 saturated heterocycles. The van der Waals surface area contributed by atoms with Crippen LogP contribution in [0.1, 0.15) is 17.3 Å². The van der Waals surface area contributed by atoms with Crippen molar-refractivity contribution in [2.45, 2.75) is 6.92 Å². The second-order valence-corrected chi connectivity index (χ2v) is 6.61. The van der Waals surface area contributed by atoms with Crippen LogP contribution in [0, 0.1) is 0 Å². The van der Waals surface area contributed by atoms with Gasteiger partial charge in [-0.05, 0) is 31.2 Å². The third-order valence-corrected chi connectivity index (χ3v) is 4.94. The molecule has 1 aromatic carbocycles. The van der Waals surface area contributed by atoms with Crippen LogP contribution in [0.3, 0.4) is 0 Å². The SMILES string of the molecule is CCOC(=O)c1ccc(OCCN2CCN(c3nccs3)CC2)cc1. The second-order valence-electron chi connectivity index (χ2n) is 5.74. The third-order valence-electron chi connectivity index (χ3n) is 4.10. The van der Waals surface area contributed by atoms with Gasteiger partial charge < -0.3 is 14.4 Å². The van der Waals surface area contributed by atoms with Crippen molar-refractivity contribution in [3.05, 3.63) is 41.4 Å². The van der Waals surface area contributed by atoms with E-state index in [0.29, 0.717) is 18.8 Å². The lowest BCUT2D eigenvalue weighted by atomic mass is 10.2. The molecule has 0 atom stereocenters. The van der Waals surface area contributed by atoms with E-state index in [1.807, 2.05) is 23.7 Å². The summed E-state index contributed by atoms with van der Waals surface area (Å²) in [6.45, 7) is 7.75. The molecule has 0 N–H and O–H groups in total. The predicted octanol–water partition coefficient (Wildman–Crippen LogP) is 2.52. The van der Waals surface area contributed by atoms with Crippen molar-refractivity contribution >= 4 is 22.4 Å². The van der Waals surface area contributed by atoms with Crippen LogP contribution in [0.5, 0.6) is 5.75 Å². The zero-order valence-corrected chi connectivity index (χ0v) is 15.2. The number of nitrogens with zero attached hydrogens (tertiary/aromatic N) is 3. The van der Waals surface area contributed by atoms with Gasteiger partial charge in [0, 0.05) is 44.3 Å². The summed E-state index contributed by atoms with van der Waals surface area (Å²) < 4.78 is 10.8. The number of hydrogen-bond acceptors (Lipinski definition) is 7. The molecule has 0 spiro atoms. The minimum Gasteiger partial charge on any atom is -0.492 e. The van der Waals surface area contributed by atoms with Crippen molar-refractivity contribution in [1.82, 2.24) is 9.88 Å². The topological polar surface area (TPSA) is 54.9 Å². The number of carbonyl (C=O) groups excluding carboxylic acids is 1. The molecule has 25 heavy (non-hydrogen) atoms. The summed E-state index contributed by atoms with van der Waals surface area (Å²) in [4.78, 5) is 20.7. The molecular weight excluding hydrogens is 338 g/mol. The Bertz CT molecular complexity index is 653. The highest BCUT2D eigenvalue weighted by Crippen LogP contribution is 2.19. The molecule has 1 aliphatic heterocycles. The van der Waals surface area contributed by atoms with Crippen molar-refractivity contribution in [3.8, 4) is 5.75 Å². The summed E-state index contributed by atoms with van der Waals surface area (Å²) in [5, 5.41) is 3.13. The van der Waals surface area contributed by atoms with Crippen LogP contribution < -0.4 is 9.64 Å². The number of aromatic nitrogens is 1. The third kappa shape index (κ3) is 4.93. The summed E-state index contributed by atoms with van der Waals surface area (Å²) in [5.41, 5.74) is 0.549. The summed E-state index contributed by atoms with van der Waals surface area (Å²) in [7, 11) is 0. The number of carbonyl (C=O) groups is 1. The normalized spacial score (nSPS) is 15.2. The van der Waals surface area contributed by atoms with Crippen molar-refractivity contribution in [1.29, 1.82) is 0 Å². The van der Waals surface area contributed by atoms with E-state index in [0.717, 1.165) is 43.6 Å². The quantitative estimate of drug-likeness (QED) is 0.707. The number of ether oxygens (including phenoxy) is 2. The Morgan fingerprint density at radius 2 is 1.96 bits per heavy atom. The second kappa shape index (κ2) is 8.82. The van der Waals surface area contributed by atoms with Crippen molar-refractivity contribution in [2.75, 3.05) is 50.8 Å². The summed E-state index contributed by atoms with van der Waals surface area (Å²) in [6.07, 6.45) is 1.85. The van der Waals surface area contributed by atoms with E-state index in [4.69, 9.17) is 9.47 Å². The lowest BCUT2D eigenvalue weighted by molar-refractivity contribution is 0.0526. The molecule has 0 unspecified atom stereocenters. The zero-order valence-electron chi connectivity index (χ0n) is 14.4. The zero-order chi connectivity index (χ0) is 17.5. The predicted molar refractivity (Wildman–Crippen MR) is 98.7 cm³/mol. The van der Waals surface area contributed by atoms with Gasteiger partial charge in [-0.1, -0.05) is 0 Å². The average molecular weight is 361 g/mol. The van der Waals surface area contributed by atoms with Crippen LogP contribution in [0.25, 0.3) is 0 Å². The minimum absolute atomic E-state index is 0.299. The van der Waals surface area contributed by atoms with E-state index < -0.39 is 0 Å². The van der Waals surface area contributed by atoms with E-state index >= 15 is 0 Å². The molecule has 3 rings (SSSR count). The molecule has 1 fully saturated rings. The van der Waals surface area contributed by atoms with Gasteiger partial charge in [0.1, 0.15) is 12.4 Å². The Kier molecular flexibility index (Phi) is 6.25. The Balaban J connectivity index is 1.38. The maximum absolute atomic E-state index is 11.6. The van der Waals surface area contributed by atoms with Crippen LogP contribution in [0.4, 0.5) is 5.13 Å². The maximum Gasteiger partial charge on any atom is 0.338 e. The van der Waals surface area contributed by atoms with Crippen LogP contribution in [-0.4, -0.2) is 61.8 Å². The van der Waals surface area contributed by atoms with Gasteiger partial charge in [0.05, 0.1) is 12.2 Å². The van der Waals surface area contributed by atoms with E-state index in [-0.39, 0.29) is 5.97 Å². The van der Waals surface area contributed by atoms with Gasteiger partial charge in [-0.15, -0.1) is 11.3 Å². The number of hydrogen-bond donors (Lipinski definition) is 0. The fourth-order valence-electron chi connectivity index (χ4n) is 2.73. The number of thiazole rings is 1. The van der Waals surface area contributed by atoms with Crippen LogP contribution in [0.15, 0.2) is 35.8 Å². The Hall–Kier alpha value is -2.12. The van der Waals surface area contributed by atoms with Crippen molar-refractivity contribution in [2.24, 2.45) is 0 Å². The molecule has 2 aromatic rings. The summed E-state index contributed by atoms with van der Waals surface area (Å²) in [5.74, 6) is 0.474. The lowest BCUT2D eigenvalue weighted by Crippen LogP contribution is -2.47. The van der Waals surface area contributed by atoms with Gasteiger partial charge in [0.2, 0.25) is 0 Å². The fraction of sp³-hybridized carbons (Fsp3) is 0.444. The number of anilines is 1. The molecule has 7 heteroatoms. The summed E-state index contributed by atoms with van der Waals surface area (Å²) in [6, 6.07) is 7.10. The number of benzene rings is 1. The molecule has 6 nitrogen and oxygen atoms in total. The Morgan fingerprint density at radius 3 is 2.60 bits per heavy atom. The maximum atomic E-state index is 11.6. The minimum atomic E-state index is -0.299. The first kappa shape index (κ1) is 17.7. The Morgan fingerprint density at radius 1 is 1.20 bits per heavy atom. The van der Waals surface area contributed by atoms with E-state index in [1.54, 1.807) is 30.4 Å². The molecule has 2 heterocycles. The summed E-state index contributed by atoms with van der Waals surface area (Å²) >= 11 is 1.69. The van der Waals surface area contributed by atoms with Gasteiger partial charge in [0.25, 0.3) is 0 Å². The molecule has 1 aliphatic rings. The van der Waals surface area contributed by atoms with Crippen LogP contribution in [-0.2, 0) is 4.74 Å². The van der Waals surface area contributed by atoms with Crippen molar-refractivity contribution in [3.63, 3.8) is 0 Å². The van der Waals surface area contributed by atoms with Crippen molar-refractivity contribution < 1.29 is 14.3 Å². The monoisotopic (exact) mass is 361 g/mol. The number of esters is 1. The molecule has 1 aromatic heterocycles. The first-order valence-corrected chi connectivity index (χ1v) is 9.41. The fourth-order valence-corrected chi connectivity index (χ4v) is 3.43. The molecule has 0 radical (unpaired) electrons. The van der Waals surface area contributed by atoms with Gasteiger partial charge in [-0.25, -0.2) is 9.78 Å². The average Bonchev–Trinajstić information content (AvgIpc) is 3.18. The smallest absolute Gasteiger partial charge is 0.338 e. The first-order chi connectivity index (χ1) is 12.3. The molecule has 0 aliphatic carbocycles. The largest absolute Gasteiger partial charge is 0.492 e. The van der Waals surface area contributed by atoms with E-state index in [2.05, 4.69) is 14.8 Å². The highest BCUT2D eigenvalue weighted by molar-refractivity contribution is 7.13. The van der Waals surface area contributed by atoms with Crippen LogP contribution >= 0.6 is 11.3 Å². The van der Waals surface area contributed by atoms with Gasteiger partial charge >= 0.3 is 5.97 Å². The molecular formula is C18H23N3O3S. The van der Waals surface area contributed by atoms with Gasteiger partial charge in [-0.2, -0.15) is 0 Å². The lowest BCUT2D eigenvalue weighted by Gasteiger charge is -2.34. The molecule has 0 saturated carbocycles. The standard InChI is InChI=1S/C18H23N3O3S/c1-2-23-17(22)15-3-5-16(6-4-15)24-13-12-20-8-10-21(11-9-20)18-19-7-14-25-18/h3-7,14H,2,8-13H2,1H3. The highest BCUT2D eigenvalue weighted by Gasteiger charge is 2.18. The van der Waals surface area contributed by atoms with E-state index in [9.17, 15) is 4.79 Å².